The first-order valence-electron chi connectivity index (χ1n) is 11.7. The van der Waals surface area contributed by atoms with Gasteiger partial charge in [-0.15, -0.1) is 0 Å². The van der Waals surface area contributed by atoms with E-state index in [9.17, 15) is 19.5 Å². The van der Waals surface area contributed by atoms with Gasteiger partial charge in [-0.05, 0) is 41.5 Å². The number of allylic oxidation sites excluding steroid dienone is 1. The highest BCUT2D eigenvalue weighted by Gasteiger charge is 2.33. The van der Waals surface area contributed by atoms with Gasteiger partial charge in [0.05, 0.1) is 6.04 Å². The molecule has 0 radical (unpaired) electrons. The number of alkyl carbamates (subject to hydrolysis) is 1. The molecule has 4 rings (SSSR count). The van der Waals surface area contributed by atoms with Crippen LogP contribution >= 0.6 is 0 Å². The summed E-state index contributed by atoms with van der Waals surface area (Å²) < 4.78 is 5.62. The van der Waals surface area contributed by atoms with Crippen molar-refractivity contribution in [3.05, 3.63) is 71.8 Å². The van der Waals surface area contributed by atoms with Crippen LogP contribution in [0.15, 0.2) is 60.7 Å². The number of carbonyl (C=O) groups is 3. The Morgan fingerprint density at radius 2 is 1.71 bits per heavy atom. The Balaban J connectivity index is 1.35. The van der Waals surface area contributed by atoms with E-state index in [2.05, 4.69) is 29.6 Å². The summed E-state index contributed by atoms with van der Waals surface area (Å²) in [6, 6.07) is 15.1. The van der Waals surface area contributed by atoms with E-state index in [0.29, 0.717) is 19.3 Å². The van der Waals surface area contributed by atoms with Crippen LogP contribution in [0.2, 0.25) is 0 Å². The maximum absolute atomic E-state index is 12.9. The van der Waals surface area contributed by atoms with E-state index in [-0.39, 0.29) is 30.4 Å². The van der Waals surface area contributed by atoms with Crippen molar-refractivity contribution in [3.8, 4) is 11.1 Å². The van der Waals surface area contributed by atoms with Gasteiger partial charge in [0.2, 0.25) is 5.91 Å². The molecule has 0 bridgehead atoms. The number of nitrogens with one attached hydrogen (secondary N) is 1. The van der Waals surface area contributed by atoms with Crippen LogP contribution in [0.5, 0.6) is 0 Å². The van der Waals surface area contributed by atoms with E-state index >= 15 is 0 Å². The van der Waals surface area contributed by atoms with Crippen molar-refractivity contribution in [3.63, 3.8) is 0 Å². The van der Waals surface area contributed by atoms with Gasteiger partial charge in [0.25, 0.3) is 0 Å². The standard InChI is InChI=1S/C27H30N2O5/c1-3-24(26(31)32)29(2)25(30)17-9-8-10-18(15-17)28-27(33)34-16-23-21-13-6-4-11-19(21)20-12-5-7-14-22(20)23/h4-8,10-14,17-18,23-24H,3,9,15-16H2,1-2H3,(H,28,33)(H,31,32)/t17-,18-,24?/m1/s1. The van der Waals surface area contributed by atoms with Crippen molar-refractivity contribution in [2.75, 3.05) is 13.7 Å². The summed E-state index contributed by atoms with van der Waals surface area (Å²) in [5, 5.41) is 12.2. The molecule has 1 unspecified atom stereocenters. The summed E-state index contributed by atoms with van der Waals surface area (Å²) in [5.74, 6) is -1.65. The molecular weight excluding hydrogens is 432 g/mol. The zero-order valence-corrected chi connectivity index (χ0v) is 19.4. The summed E-state index contributed by atoms with van der Waals surface area (Å²) in [5.41, 5.74) is 4.62. The predicted molar refractivity (Wildman–Crippen MR) is 128 cm³/mol. The molecule has 2 aromatic carbocycles. The number of ether oxygens (including phenoxy) is 1. The third kappa shape index (κ3) is 4.69. The number of carboxylic acids is 1. The zero-order chi connectivity index (χ0) is 24.2. The molecule has 0 saturated heterocycles. The summed E-state index contributed by atoms with van der Waals surface area (Å²) >= 11 is 0. The Morgan fingerprint density at radius 3 is 2.29 bits per heavy atom. The third-order valence-electron chi connectivity index (χ3n) is 6.81. The average Bonchev–Trinajstić information content (AvgIpc) is 3.16. The highest BCUT2D eigenvalue weighted by Crippen LogP contribution is 2.44. The van der Waals surface area contributed by atoms with E-state index in [1.807, 2.05) is 36.4 Å². The second-order valence-electron chi connectivity index (χ2n) is 8.88. The summed E-state index contributed by atoms with van der Waals surface area (Å²) in [6.45, 7) is 1.96. The number of amides is 2. The van der Waals surface area contributed by atoms with Crippen LogP contribution in [0, 0.1) is 5.92 Å². The molecule has 7 heteroatoms. The first kappa shape index (κ1) is 23.5. The van der Waals surface area contributed by atoms with Crippen molar-refractivity contribution in [2.24, 2.45) is 5.92 Å². The van der Waals surface area contributed by atoms with Crippen molar-refractivity contribution < 1.29 is 24.2 Å². The number of fused-ring (bicyclic) bond motifs is 3. The molecule has 34 heavy (non-hydrogen) atoms. The van der Waals surface area contributed by atoms with Crippen molar-refractivity contribution >= 4 is 18.0 Å². The van der Waals surface area contributed by atoms with Crippen LogP contribution in [-0.2, 0) is 14.3 Å². The number of hydrogen-bond donors (Lipinski definition) is 2. The van der Waals surface area contributed by atoms with Crippen molar-refractivity contribution in [1.82, 2.24) is 10.2 Å². The molecule has 2 aromatic rings. The minimum absolute atomic E-state index is 0.0231. The van der Waals surface area contributed by atoms with Crippen LogP contribution in [0.3, 0.4) is 0 Å². The SMILES string of the molecule is CCC(C(=O)O)N(C)C(=O)[C@@H]1CC=C[C@@H](NC(=O)OCC2c3ccccc3-c3ccccc32)C1. The van der Waals surface area contributed by atoms with Gasteiger partial charge >= 0.3 is 12.1 Å². The van der Waals surface area contributed by atoms with Crippen molar-refractivity contribution in [2.45, 2.75) is 44.2 Å². The molecule has 0 heterocycles. The largest absolute Gasteiger partial charge is 0.480 e. The maximum Gasteiger partial charge on any atom is 0.407 e. The third-order valence-corrected chi connectivity index (χ3v) is 6.81. The van der Waals surface area contributed by atoms with Gasteiger partial charge in [-0.3, -0.25) is 4.79 Å². The monoisotopic (exact) mass is 462 g/mol. The first-order valence-corrected chi connectivity index (χ1v) is 11.7. The highest BCUT2D eigenvalue weighted by atomic mass is 16.5. The van der Waals surface area contributed by atoms with E-state index < -0.39 is 18.1 Å². The molecule has 7 nitrogen and oxygen atoms in total. The fraction of sp³-hybridized carbons (Fsp3) is 0.370. The lowest BCUT2D eigenvalue weighted by molar-refractivity contribution is -0.151. The van der Waals surface area contributed by atoms with Gasteiger partial charge in [0.15, 0.2) is 0 Å². The number of carbonyl (C=O) groups excluding carboxylic acids is 2. The Hall–Kier alpha value is -3.61. The normalized spacial score (nSPS) is 19.6. The number of rotatable bonds is 7. The van der Waals surface area contributed by atoms with Crippen LogP contribution in [0.4, 0.5) is 4.79 Å². The Bertz CT molecular complexity index is 1070. The summed E-state index contributed by atoms with van der Waals surface area (Å²) in [6.07, 6.45) is 4.44. The molecule has 0 fully saturated rings. The zero-order valence-electron chi connectivity index (χ0n) is 19.4. The summed E-state index contributed by atoms with van der Waals surface area (Å²) in [4.78, 5) is 38.2. The van der Waals surface area contributed by atoms with Crippen LogP contribution < -0.4 is 5.32 Å². The highest BCUT2D eigenvalue weighted by molar-refractivity contribution is 5.85. The van der Waals surface area contributed by atoms with Gasteiger partial charge in [-0.1, -0.05) is 67.6 Å². The number of nitrogens with zero attached hydrogens (tertiary/aromatic N) is 1. The molecule has 3 atom stereocenters. The Labute approximate surface area is 199 Å². The maximum atomic E-state index is 12.9. The summed E-state index contributed by atoms with van der Waals surface area (Å²) in [7, 11) is 1.52. The van der Waals surface area contributed by atoms with Gasteiger partial charge in [-0.2, -0.15) is 0 Å². The number of aliphatic carboxylic acids is 1. The minimum Gasteiger partial charge on any atom is -0.480 e. The van der Waals surface area contributed by atoms with Crippen LogP contribution in [0.1, 0.15) is 43.2 Å². The van der Waals surface area contributed by atoms with E-state index in [0.717, 1.165) is 11.1 Å². The predicted octanol–water partition coefficient (Wildman–Crippen LogP) is 4.18. The molecule has 0 spiro atoms. The fourth-order valence-electron chi connectivity index (χ4n) is 5.04. The molecule has 0 aliphatic heterocycles. The second kappa shape index (κ2) is 10.1. The first-order chi connectivity index (χ1) is 16.4. The number of hydrogen-bond acceptors (Lipinski definition) is 4. The lowest BCUT2D eigenvalue weighted by atomic mass is 9.89. The Kier molecular flexibility index (Phi) is 7.01. The molecule has 2 aliphatic rings. The molecule has 2 aliphatic carbocycles. The van der Waals surface area contributed by atoms with E-state index in [1.165, 1.54) is 23.1 Å². The number of carboxylic acid groups (broad SMARTS) is 1. The van der Waals surface area contributed by atoms with E-state index in [4.69, 9.17) is 4.74 Å². The lowest BCUT2D eigenvalue weighted by Crippen LogP contribution is -2.47. The molecule has 2 amide bonds. The fourth-order valence-corrected chi connectivity index (χ4v) is 5.04. The smallest absolute Gasteiger partial charge is 0.407 e. The molecule has 0 aromatic heterocycles. The average molecular weight is 463 g/mol. The molecule has 2 N–H and O–H groups in total. The number of likely N-dealkylation sites (N-methyl/N-ethyl adjacent to an activating group) is 1. The molecule has 0 saturated carbocycles. The van der Waals surface area contributed by atoms with Gasteiger partial charge < -0.3 is 20.1 Å². The number of benzene rings is 2. The van der Waals surface area contributed by atoms with Crippen molar-refractivity contribution in [1.29, 1.82) is 0 Å². The van der Waals surface area contributed by atoms with Gasteiger partial charge in [-0.25, -0.2) is 9.59 Å². The van der Waals surface area contributed by atoms with E-state index in [1.54, 1.807) is 6.92 Å². The van der Waals surface area contributed by atoms with Gasteiger partial charge in [0.1, 0.15) is 12.6 Å². The topological polar surface area (TPSA) is 95.9 Å². The minimum atomic E-state index is -1.02. The van der Waals surface area contributed by atoms with Crippen LogP contribution in [-0.4, -0.2) is 53.7 Å². The molecular formula is C27H30N2O5. The quantitative estimate of drug-likeness (QED) is 0.602. The Morgan fingerprint density at radius 1 is 1.09 bits per heavy atom. The molecule has 178 valence electrons. The lowest BCUT2D eigenvalue weighted by Gasteiger charge is -2.31. The van der Waals surface area contributed by atoms with Crippen LogP contribution in [0.25, 0.3) is 11.1 Å². The van der Waals surface area contributed by atoms with Gasteiger partial charge in [0, 0.05) is 18.9 Å². The second-order valence-corrected chi connectivity index (χ2v) is 8.88.